The van der Waals surface area contributed by atoms with E-state index < -0.39 is 10.0 Å². The monoisotopic (exact) mass is 287 g/mol. The molecular formula is C13H25N3O2S. The highest BCUT2D eigenvalue weighted by molar-refractivity contribution is 7.89. The van der Waals surface area contributed by atoms with Crippen LogP contribution in [0.15, 0.2) is 17.2 Å². The van der Waals surface area contributed by atoms with E-state index in [1.54, 1.807) is 6.07 Å². The van der Waals surface area contributed by atoms with Crippen molar-refractivity contribution in [3.05, 3.63) is 18.0 Å². The first-order valence-corrected chi connectivity index (χ1v) is 8.23. The Kier molecular flexibility index (Phi) is 6.03. The van der Waals surface area contributed by atoms with Crippen molar-refractivity contribution in [2.45, 2.75) is 57.5 Å². The molecule has 0 fully saturated rings. The minimum absolute atomic E-state index is 0.0556. The molecule has 0 bridgehead atoms. The highest BCUT2D eigenvalue weighted by atomic mass is 32.2. The maximum Gasteiger partial charge on any atom is 0.242 e. The predicted molar refractivity (Wildman–Crippen MR) is 77.2 cm³/mol. The summed E-state index contributed by atoms with van der Waals surface area (Å²) >= 11 is 0. The number of rotatable bonds is 8. The van der Waals surface area contributed by atoms with Gasteiger partial charge in [-0.2, -0.15) is 0 Å². The first kappa shape index (κ1) is 16.2. The smallest absolute Gasteiger partial charge is 0.242 e. The summed E-state index contributed by atoms with van der Waals surface area (Å²) in [4.78, 5) is 3.10. The summed E-state index contributed by atoms with van der Waals surface area (Å²) in [6, 6.07) is 1.52. The van der Waals surface area contributed by atoms with E-state index in [1.807, 2.05) is 6.92 Å². The van der Waals surface area contributed by atoms with Gasteiger partial charge in [0.15, 0.2) is 0 Å². The van der Waals surface area contributed by atoms with Gasteiger partial charge in [0.2, 0.25) is 10.0 Å². The third kappa shape index (κ3) is 5.34. The van der Waals surface area contributed by atoms with Crippen LogP contribution in [0.2, 0.25) is 0 Å². The molecule has 0 saturated carbocycles. The Morgan fingerprint density at radius 2 is 2.00 bits per heavy atom. The standard InChI is InChI=1S/C13H25N3O2S/c1-10(2)5-4-6-11(3)16-19(17,18)13-7-12(8-14)15-9-13/h7,9-11,15-16H,4-6,8,14H2,1-3H3. The van der Waals surface area contributed by atoms with Crippen LogP contribution >= 0.6 is 0 Å². The molecule has 1 unspecified atom stereocenters. The van der Waals surface area contributed by atoms with Gasteiger partial charge in [-0.15, -0.1) is 0 Å². The molecule has 1 rings (SSSR count). The number of hydrogen-bond donors (Lipinski definition) is 3. The maximum atomic E-state index is 12.1. The van der Waals surface area contributed by atoms with E-state index in [2.05, 4.69) is 23.6 Å². The van der Waals surface area contributed by atoms with E-state index >= 15 is 0 Å². The van der Waals surface area contributed by atoms with Crippen LogP contribution in [0.1, 0.15) is 45.7 Å². The number of nitrogens with one attached hydrogen (secondary N) is 2. The molecule has 1 atom stereocenters. The van der Waals surface area contributed by atoms with Gasteiger partial charge < -0.3 is 10.7 Å². The van der Waals surface area contributed by atoms with Crippen LogP contribution in [-0.4, -0.2) is 19.4 Å². The molecule has 0 aliphatic heterocycles. The fourth-order valence-electron chi connectivity index (χ4n) is 1.92. The van der Waals surface area contributed by atoms with Crippen molar-refractivity contribution in [3.8, 4) is 0 Å². The fraction of sp³-hybridized carbons (Fsp3) is 0.692. The summed E-state index contributed by atoms with van der Waals surface area (Å²) in [5.41, 5.74) is 6.17. The summed E-state index contributed by atoms with van der Waals surface area (Å²) in [6.45, 7) is 6.54. The van der Waals surface area contributed by atoms with E-state index in [4.69, 9.17) is 5.73 Å². The summed E-state index contributed by atoms with van der Waals surface area (Å²) in [7, 11) is -3.44. The average Bonchev–Trinajstić information content (AvgIpc) is 2.76. The zero-order valence-electron chi connectivity index (χ0n) is 11.9. The SMILES string of the molecule is CC(C)CCCC(C)NS(=O)(=O)c1c[nH]c(CN)c1. The molecule has 4 N–H and O–H groups in total. The summed E-state index contributed by atoms with van der Waals surface area (Å²) in [5, 5.41) is 0. The van der Waals surface area contributed by atoms with E-state index in [0.717, 1.165) is 19.3 Å². The lowest BCUT2D eigenvalue weighted by molar-refractivity contribution is 0.488. The molecule has 1 aromatic rings. The van der Waals surface area contributed by atoms with Gasteiger partial charge in [-0.3, -0.25) is 0 Å². The van der Waals surface area contributed by atoms with Gasteiger partial charge in [-0.1, -0.05) is 26.7 Å². The van der Waals surface area contributed by atoms with Gasteiger partial charge in [0.05, 0.1) is 4.90 Å². The second-order valence-corrected chi connectivity index (χ2v) is 7.13. The number of nitrogens with two attached hydrogens (primary N) is 1. The van der Waals surface area contributed by atoms with Gasteiger partial charge >= 0.3 is 0 Å². The van der Waals surface area contributed by atoms with E-state index in [0.29, 0.717) is 18.2 Å². The second-order valence-electron chi connectivity index (χ2n) is 5.41. The molecule has 0 radical (unpaired) electrons. The molecular weight excluding hydrogens is 262 g/mol. The van der Waals surface area contributed by atoms with Crippen molar-refractivity contribution in [1.82, 2.24) is 9.71 Å². The number of sulfonamides is 1. The normalized spacial score (nSPS) is 13.9. The van der Waals surface area contributed by atoms with Crippen LogP contribution in [0.5, 0.6) is 0 Å². The van der Waals surface area contributed by atoms with Crippen molar-refractivity contribution >= 4 is 10.0 Å². The van der Waals surface area contributed by atoms with E-state index in [-0.39, 0.29) is 10.9 Å². The van der Waals surface area contributed by atoms with Crippen LogP contribution in [0.4, 0.5) is 0 Å². The molecule has 1 heterocycles. The lowest BCUT2D eigenvalue weighted by Gasteiger charge is -2.14. The van der Waals surface area contributed by atoms with Gasteiger partial charge in [-0.25, -0.2) is 13.1 Å². The molecule has 0 aromatic carbocycles. The third-order valence-electron chi connectivity index (χ3n) is 3.02. The zero-order chi connectivity index (χ0) is 14.5. The third-order valence-corrected chi connectivity index (χ3v) is 4.59. The van der Waals surface area contributed by atoms with Gasteiger partial charge in [0.1, 0.15) is 0 Å². The van der Waals surface area contributed by atoms with Crippen LogP contribution in [0.25, 0.3) is 0 Å². The van der Waals surface area contributed by atoms with Gasteiger partial charge in [-0.05, 0) is 25.3 Å². The Bertz CT molecular complexity index is 480. The minimum atomic E-state index is -3.44. The van der Waals surface area contributed by atoms with Gasteiger partial charge in [0, 0.05) is 24.5 Å². The Hall–Kier alpha value is -0.850. The highest BCUT2D eigenvalue weighted by Crippen LogP contribution is 2.13. The van der Waals surface area contributed by atoms with Gasteiger partial charge in [0.25, 0.3) is 0 Å². The molecule has 110 valence electrons. The molecule has 19 heavy (non-hydrogen) atoms. The fourth-order valence-corrected chi connectivity index (χ4v) is 3.21. The molecule has 0 aliphatic rings. The summed E-state index contributed by atoms with van der Waals surface area (Å²) < 4.78 is 26.9. The zero-order valence-corrected chi connectivity index (χ0v) is 12.8. The largest absolute Gasteiger partial charge is 0.363 e. The molecule has 5 nitrogen and oxygen atoms in total. The Balaban J connectivity index is 2.54. The first-order valence-electron chi connectivity index (χ1n) is 6.75. The molecule has 0 saturated heterocycles. The van der Waals surface area contributed by atoms with Crippen molar-refractivity contribution < 1.29 is 8.42 Å². The topological polar surface area (TPSA) is 88.0 Å². The minimum Gasteiger partial charge on any atom is -0.363 e. The van der Waals surface area contributed by atoms with Crippen molar-refractivity contribution in [2.24, 2.45) is 11.7 Å². The Morgan fingerprint density at radius 1 is 1.32 bits per heavy atom. The number of aromatic nitrogens is 1. The average molecular weight is 287 g/mol. The molecule has 6 heteroatoms. The van der Waals surface area contributed by atoms with Crippen molar-refractivity contribution in [1.29, 1.82) is 0 Å². The van der Waals surface area contributed by atoms with Crippen LogP contribution in [0.3, 0.4) is 0 Å². The maximum absolute atomic E-state index is 12.1. The number of H-pyrrole nitrogens is 1. The van der Waals surface area contributed by atoms with Crippen LogP contribution in [-0.2, 0) is 16.6 Å². The quantitative estimate of drug-likeness (QED) is 0.683. The van der Waals surface area contributed by atoms with E-state index in [1.165, 1.54) is 6.20 Å². The van der Waals surface area contributed by atoms with Crippen LogP contribution < -0.4 is 10.5 Å². The summed E-state index contributed by atoms with van der Waals surface area (Å²) in [5.74, 6) is 0.653. The first-order chi connectivity index (χ1) is 8.85. The number of hydrogen-bond acceptors (Lipinski definition) is 3. The van der Waals surface area contributed by atoms with Crippen LogP contribution in [0, 0.1) is 5.92 Å². The Morgan fingerprint density at radius 3 is 2.53 bits per heavy atom. The van der Waals surface area contributed by atoms with Crippen molar-refractivity contribution in [3.63, 3.8) is 0 Å². The Labute approximate surface area is 116 Å². The molecule has 1 aromatic heterocycles. The second kappa shape index (κ2) is 7.07. The molecule has 0 amide bonds. The summed E-state index contributed by atoms with van der Waals surface area (Å²) in [6.07, 6.45) is 4.48. The highest BCUT2D eigenvalue weighted by Gasteiger charge is 2.18. The molecule has 0 spiro atoms. The van der Waals surface area contributed by atoms with Crippen molar-refractivity contribution in [2.75, 3.05) is 0 Å². The van der Waals surface area contributed by atoms with E-state index in [9.17, 15) is 8.42 Å². The molecule has 0 aliphatic carbocycles. The number of aromatic amines is 1. The lowest BCUT2D eigenvalue weighted by Crippen LogP contribution is -2.32. The lowest BCUT2D eigenvalue weighted by atomic mass is 10.0. The predicted octanol–water partition coefficient (Wildman–Crippen LogP) is 1.97.